The highest BCUT2D eigenvalue weighted by atomic mass is 35.5. The Morgan fingerprint density at radius 1 is 0.639 bits per heavy atom. The molecule has 0 amide bonds. The van der Waals surface area contributed by atoms with E-state index in [1.165, 1.54) is 16.7 Å². The van der Waals surface area contributed by atoms with E-state index < -0.39 is 5.41 Å². The number of fused-ring (bicyclic) bond motifs is 3. The van der Waals surface area contributed by atoms with Gasteiger partial charge in [-0.2, -0.15) is 0 Å². The Labute approximate surface area is 214 Å². The number of hydrogen-bond acceptors (Lipinski definition) is 2. The zero-order valence-electron chi connectivity index (χ0n) is 19.6. The Morgan fingerprint density at radius 3 is 2.08 bits per heavy atom. The third-order valence-corrected chi connectivity index (χ3v) is 7.56. The monoisotopic (exact) mass is 487 g/mol. The molecular formula is C32H22ClNO2. The van der Waals surface area contributed by atoms with Gasteiger partial charge in [-0.15, -0.1) is 0 Å². The molecule has 0 saturated carbocycles. The fourth-order valence-corrected chi connectivity index (χ4v) is 5.69. The van der Waals surface area contributed by atoms with Crippen LogP contribution in [0.5, 0.6) is 0 Å². The predicted molar refractivity (Wildman–Crippen MR) is 146 cm³/mol. The van der Waals surface area contributed by atoms with Gasteiger partial charge in [0.05, 0.1) is 10.5 Å². The van der Waals surface area contributed by atoms with Gasteiger partial charge in [-0.25, -0.2) is 0 Å². The molecule has 0 bridgehead atoms. The maximum absolute atomic E-state index is 11.7. The van der Waals surface area contributed by atoms with E-state index in [0.717, 1.165) is 27.8 Å². The molecule has 4 heteroatoms. The van der Waals surface area contributed by atoms with Crippen molar-refractivity contribution in [3.63, 3.8) is 0 Å². The van der Waals surface area contributed by atoms with Crippen LogP contribution in [0.1, 0.15) is 23.6 Å². The number of hydrogen-bond donors (Lipinski definition) is 0. The van der Waals surface area contributed by atoms with Crippen LogP contribution in [0.3, 0.4) is 0 Å². The Hall–Kier alpha value is -4.21. The van der Waals surface area contributed by atoms with E-state index in [2.05, 4.69) is 73.7 Å². The quantitative estimate of drug-likeness (QED) is 0.187. The molecule has 0 fully saturated rings. The average molecular weight is 488 g/mol. The Kier molecular flexibility index (Phi) is 5.24. The second-order valence-corrected chi connectivity index (χ2v) is 9.73. The summed E-state index contributed by atoms with van der Waals surface area (Å²) in [4.78, 5) is 11.4. The predicted octanol–water partition coefficient (Wildman–Crippen LogP) is 8.92. The van der Waals surface area contributed by atoms with E-state index in [9.17, 15) is 10.1 Å². The fraction of sp³-hybridized carbons (Fsp3) is 0.0625. The minimum Gasteiger partial charge on any atom is -0.258 e. The first-order valence-electron chi connectivity index (χ1n) is 11.8. The SMILES string of the molecule is CC1(c2cccc(-c3ccccc3)c2)c2ccc(Cl)cc2-c2cc(-c3ccccc3[N+](=O)[O-])ccc21. The van der Waals surface area contributed by atoms with Crippen molar-refractivity contribution in [1.82, 2.24) is 0 Å². The van der Waals surface area contributed by atoms with Crippen LogP contribution >= 0.6 is 11.6 Å². The molecule has 174 valence electrons. The molecule has 0 aromatic heterocycles. The molecule has 36 heavy (non-hydrogen) atoms. The van der Waals surface area contributed by atoms with Crippen LogP contribution in [0.25, 0.3) is 33.4 Å². The van der Waals surface area contributed by atoms with Gasteiger partial charge in [0.1, 0.15) is 0 Å². The molecule has 6 rings (SSSR count). The number of nitro groups is 1. The second kappa shape index (κ2) is 8.47. The summed E-state index contributed by atoms with van der Waals surface area (Å²) in [6.45, 7) is 2.25. The molecule has 0 spiro atoms. The molecule has 0 saturated heterocycles. The highest BCUT2D eigenvalue weighted by molar-refractivity contribution is 6.31. The summed E-state index contributed by atoms with van der Waals surface area (Å²) < 4.78 is 0. The largest absolute Gasteiger partial charge is 0.277 e. The molecule has 1 aliphatic rings. The van der Waals surface area contributed by atoms with Gasteiger partial charge in [-0.1, -0.05) is 90.5 Å². The second-order valence-electron chi connectivity index (χ2n) is 9.30. The van der Waals surface area contributed by atoms with Gasteiger partial charge in [-0.3, -0.25) is 10.1 Å². The summed E-state index contributed by atoms with van der Waals surface area (Å²) in [5.41, 5.74) is 9.08. The summed E-state index contributed by atoms with van der Waals surface area (Å²) in [6.07, 6.45) is 0. The van der Waals surface area contributed by atoms with E-state index in [1.807, 2.05) is 30.3 Å². The molecule has 3 nitrogen and oxygen atoms in total. The van der Waals surface area contributed by atoms with Gasteiger partial charge < -0.3 is 0 Å². The van der Waals surface area contributed by atoms with E-state index in [1.54, 1.807) is 18.2 Å². The van der Waals surface area contributed by atoms with Crippen molar-refractivity contribution in [3.8, 4) is 33.4 Å². The zero-order chi connectivity index (χ0) is 24.9. The van der Waals surface area contributed by atoms with Crippen LogP contribution in [-0.2, 0) is 5.41 Å². The molecule has 1 aliphatic carbocycles. The number of halogens is 1. The summed E-state index contributed by atoms with van der Waals surface area (Å²) in [5.74, 6) is 0. The third kappa shape index (κ3) is 3.43. The first-order valence-corrected chi connectivity index (χ1v) is 12.2. The van der Waals surface area contributed by atoms with E-state index in [-0.39, 0.29) is 10.6 Å². The lowest BCUT2D eigenvalue weighted by atomic mass is 9.73. The van der Waals surface area contributed by atoms with Crippen molar-refractivity contribution < 1.29 is 4.92 Å². The summed E-state index contributed by atoms with van der Waals surface area (Å²) >= 11 is 6.47. The van der Waals surface area contributed by atoms with Gasteiger partial charge in [0.15, 0.2) is 0 Å². The van der Waals surface area contributed by atoms with E-state index in [0.29, 0.717) is 10.6 Å². The Morgan fingerprint density at radius 2 is 1.31 bits per heavy atom. The lowest BCUT2D eigenvalue weighted by molar-refractivity contribution is -0.384. The average Bonchev–Trinajstić information content (AvgIpc) is 3.17. The Balaban J connectivity index is 1.57. The normalized spacial score (nSPS) is 15.8. The molecule has 1 atom stereocenters. The molecule has 5 aromatic rings. The van der Waals surface area contributed by atoms with Crippen molar-refractivity contribution in [2.24, 2.45) is 0 Å². The van der Waals surface area contributed by atoms with Gasteiger partial charge >= 0.3 is 0 Å². The highest BCUT2D eigenvalue weighted by Gasteiger charge is 2.41. The van der Waals surface area contributed by atoms with E-state index in [4.69, 9.17) is 11.6 Å². The van der Waals surface area contributed by atoms with E-state index >= 15 is 0 Å². The van der Waals surface area contributed by atoms with Crippen molar-refractivity contribution in [3.05, 3.63) is 147 Å². The standard InChI is InChI=1S/C32H22ClNO2/c1-32(24-11-7-10-22(18-24)21-8-3-2-4-9-21)29-16-14-23(26-12-5-6-13-31(26)34(35)36)19-27(29)28-20-25(33)15-17-30(28)32/h2-20H,1H3. The highest BCUT2D eigenvalue weighted by Crippen LogP contribution is 2.54. The van der Waals surface area contributed by atoms with Crippen molar-refractivity contribution >= 4 is 17.3 Å². The summed E-state index contributed by atoms with van der Waals surface area (Å²) in [5, 5.41) is 12.4. The smallest absolute Gasteiger partial charge is 0.258 e. The Bertz CT molecular complexity index is 1640. The van der Waals surface area contributed by atoms with Crippen LogP contribution in [-0.4, -0.2) is 4.92 Å². The topological polar surface area (TPSA) is 43.1 Å². The maximum Gasteiger partial charge on any atom is 0.277 e. The maximum atomic E-state index is 11.7. The van der Waals surface area contributed by atoms with Crippen LogP contribution in [0.15, 0.2) is 115 Å². The minimum atomic E-state index is -0.402. The fourth-order valence-electron chi connectivity index (χ4n) is 5.52. The molecular weight excluding hydrogens is 466 g/mol. The summed E-state index contributed by atoms with van der Waals surface area (Å²) in [7, 11) is 0. The van der Waals surface area contributed by atoms with Crippen LogP contribution in [0.4, 0.5) is 5.69 Å². The first kappa shape index (κ1) is 22.3. The van der Waals surface area contributed by atoms with Crippen molar-refractivity contribution in [1.29, 1.82) is 0 Å². The number of rotatable bonds is 4. The lowest BCUT2D eigenvalue weighted by Crippen LogP contribution is -2.22. The molecule has 0 N–H and O–H groups in total. The van der Waals surface area contributed by atoms with Crippen LogP contribution < -0.4 is 0 Å². The minimum absolute atomic E-state index is 0.0973. The number of nitrogens with zero attached hydrogens (tertiary/aromatic N) is 1. The molecule has 0 aliphatic heterocycles. The number of benzene rings is 5. The molecule has 1 unspecified atom stereocenters. The van der Waals surface area contributed by atoms with Crippen LogP contribution in [0.2, 0.25) is 5.02 Å². The van der Waals surface area contributed by atoms with Crippen LogP contribution in [0, 0.1) is 10.1 Å². The summed E-state index contributed by atoms with van der Waals surface area (Å²) in [6, 6.07) is 38.2. The lowest BCUT2D eigenvalue weighted by Gasteiger charge is -2.29. The van der Waals surface area contributed by atoms with Gasteiger partial charge in [0.2, 0.25) is 0 Å². The van der Waals surface area contributed by atoms with Gasteiger partial charge in [0, 0.05) is 16.5 Å². The molecule has 0 heterocycles. The zero-order valence-corrected chi connectivity index (χ0v) is 20.4. The van der Waals surface area contributed by atoms with Crippen molar-refractivity contribution in [2.45, 2.75) is 12.3 Å². The molecule has 0 radical (unpaired) electrons. The number of nitro benzene ring substituents is 1. The number of para-hydroxylation sites is 1. The first-order chi connectivity index (χ1) is 17.5. The van der Waals surface area contributed by atoms with Gasteiger partial charge in [-0.05, 0) is 81.8 Å². The third-order valence-electron chi connectivity index (χ3n) is 7.33. The van der Waals surface area contributed by atoms with Gasteiger partial charge in [0.25, 0.3) is 5.69 Å². The molecule has 5 aromatic carbocycles. The van der Waals surface area contributed by atoms with Crippen molar-refractivity contribution in [2.75, 3.05) is 0 Å².